The van der Waals surface area contributed by atoms with E-state index in [9.17, 15) is 14.7 Å². The molecule has 2 unspecified atom stereocenters. The summed E-state index contributed by atoms with van der Waals surface area (Å²) in [6.45, 7) is 4.88. The van der Waals surface area contributed by atoms with E-state index in [1.165, 1.54) is 12.1 Å². The van der Waals surface area contributed by atoms with Crippen LogP contribution in [0.25, 0.3) is 0 Å². The van der Waals surface area contributed by atoms with Crippen molar-refractivity contribution in [1.29, 1.82) is 0 Å². The number of hydrogen-bond donors (Lipinski definition) is 3. The molecule has 4 N–H and O–H groups in total. The average Bonchev–Trinajstić information content (AvgIpc) is 2.77. The van der Waals surface area contributed by atoms with Gasteiger partial charge in [-0.1, -0.05) is 12.1 Å². The van der Waals surface area contributed by atoms with Crippen molar-refractivity contribution < 1.29 is 14.7 Å². The largest absolute Gasteiger partial charge is 0.508 e. The molecular formula is C15H19N3O3S. The van der Waals surface area contributed by atoms with Gasteiger partial charge in [-0.2, -0.15) is 0 Å². The van der Waals surface area contributed by atoms with Crippen LogP contribution in [0.2, 0.25) is 0 Å². The first-order valence-corrected chi connectivity index (χ1v) is 8.00. The third-order valence-corrected chi connectivity index (χ3v) is 5.50. The van der Waals surface area contributed by atoms with Gasteiger partial charge < -0.3 is 21.1 Å². The van der Waals surface area contributed by atoms with Gasteiger partial charge in [-0.15, -0.1) is 11.8 Å². The van der Waals surface area contributed by atoms with Crippen molar-refractivity contribution in [2.45, 2.75) is 36.1 Å². The number of β-lactam (4-membered cyclic amide) rings is 1. The van der Waals surface area contributed by atoms with Gasteiger partial charge in [-0.25, -0.2) is 0 Å². The second-order valence-electron chi connectivity index (χ2n) is 6.29. The van der Waals surface area contributed by atoms with E-state index in [1.54, 1.807) is 28.8 Å². The Morgan fingerprint density at radius 3 is 2.73 bits per heavy atom. The van der Waals surface area contributed by atoms with E-state index in [0.717, 1.165) is 0 Å². The van der Waals surface area contributed by atoms with Gasteiger partial charge in [0.1, 0.15) is 23.2 Å². The molecule has 0 radical (unpaired) electrons. The molecular weight excluding hydrogens is 302 g/mol. The van der Waals surface area contributed by atoms with Crippen molar-refractivity contribution in [2.75, 3.05) is 6.54 Å². The summed E-state index contributed by atoms with van der Waals surface area (Å²) in [6.07, 6.45) is 0. The maximum Gasteiger partial charge on any atom is 0.249 e. The number of aromatic hydroxyl groups is 1. The van der Waals surface area contributed by atoms with Crippen molar-refractivity contribution in [3.05, 3.63) is 29.8 Å². The quantitative estimate of drug-likeness (QED) is 0.708. The highest BCUT2D eigenvalue weighted by Crippen LogP contribution is 2.46. The summed E-state index contributed by atoms with van der Waals surface area (Å²) in [5.41, 5.74) is 6.52. The van der Waals surface area contributed by atoms with Crippen molar-refractivity contribution in [1.82, 2.24) is 10.2 Å². The van der Waals surface area contributed by atoms with E-state index < -0.39 is 12.1 Å². The summed E-state index contributed by atoms with van der Waals surface area (Å²) in [6, 6.07) is 4.80. The van der Waals surface area contributed by atoms with Crippen molar-refractivity contribution in [3.63, 3.8) is 0 Å². The molecule has 0 saturated carbocycles. The maximum atomic E-state index is 12.2. The molecule has 0 bridgehead atoms. The lowest BCUT2D eigenvalue weighted by molar-refractivity contribution is -0.148. The lowest BCUT2D eigenvalue weighted by Crippen LogP contribution is -2.67. The molecule has 3 atom stereocenters. The number of fused-ring (bicyclic) bond motifs is 1. The molecule has 3 rings (SSSR count). The van der Waals surface area contributed by atoms with E-state index in [1.807, 2.05) is 0 Å². The van der Waals surface area contributed by atoms with E-state index in [-0.39, 0.29) is 27.7 Å². The highest BCUT2D eigenvalue weighted by Gasteiger charge is 2.56. The zero-order valence-electron chi connectivity index (χ0n) is 12.4. The Hall–Kier alpha value is -1.73. The van der Waals surface area contributed by atoms with Gasteiger partial charge in [0.2, 0.25) is 11.8 Å². The number of nitrogens with one attached hydrogen (secondary N) is 1. The Morgan fingerprint density at radius 2 is 2.09 bits per heavy atom. The summed E-state index contributed by atoms with van der Waals surface area (Å²) < 4.78 is 0.0128. The average molecular weight is 321 g/mol. The number of rotatable bonds is 3. The van der Waals surface area contributed by atoms with Gasteiger partial charge in [-0.05, 0) is 31.5 Å². The minimum Gasteiger partial charge on any atom is -0.508 e. The van der Waals surface area contributed by atoms with Crippen LogP contribution in [-0.4, -0.2) is 44.5 Å². The van der Waals surface area contributed by atoms with Crippen LogP contribution in [0.1, 0.15) is 25.5 Å². The number of nitrogens with two attached hydrogens (primary N) is 1. The monoisotopic (exact) mass is 321 g/mol. The van der Waals surface area contributed by atoms with Crippen LogP contribution in [0.15, 0.2) is 24.3 Å². The first-order chi connectivity index (χ1) is 10.3. The third kappa shape index (κ3) is 2.55. The van der Waals surface area contributed by atoms with Gasteiger partial charge in [-0.3, -0.25) is 9.59 Å². The van der Waals surface area contributed by atoms with Crippen LogP contribution >= 0.6 is 11.8 Å². The second-order valence-corrected chi connectivity index (χ2v) is 8.11. The lowest BCUT2D eigenvalue weighted by Gasteiger charge is -2.41. The minimum absolute atomic E-state index is 0.00142. The van der Waals surface area contributed by atoms with E-state index in [4.69, 9.17) is 5.73 Å². The van der Waals surface area contributed by atoms with Gasteiger partial charge >= 0.3 is 0 Å². The number of carbonyl (C=O) groups is 2. The summed E-state index contributed by atoms with van der Waals surface area (Å²) in [5, 5.41) is 12.0. The molecule has 2 fully saturated rings. The first kappa shape index (κ1) is 15.2. The fourth-order valence-electron chi connectivity index (χ4n) is 2.81. The predicted molar refractivity (Wildman–Crippen MR) is 84.1 cm³/mol. The molecule has 2 amide bonds. The van der Waals surface area contributed by atoms with Crippen LogP contribution in [0.3, 0.4) is 0 Å². The fraction of sp³-hybridized carbons (Fsp3) is 0.467. The molecule has 22 heavy (non-hydrogen) atoms. The van der Waals surface area contributed by atoms with Gasteiger partial charge in [0.25, 0.3) is 0 Å². The Labute approximate surface area is 133 Å². The van der Waals surface area contributed by atoms with E-state index in [2.05, 4.69) is 19.2 Å². The summed E-state index contributed by atoms with van der Waals surface area (Å²) in [4.78, 5) is 26.1. The maximum absolute atomic E-state index is 12.2. The smallest absolute Gasteiger partial charge is 0.249 e. The van der Waals surface area contributed by atoms with E-state index in [0.29, 0.717) is 12.1 Å². The molecule has 1 aromatic carbocycles. The number of amides is 2. The third-order valence-electron chi connectivity index (χ3n) is 3.96. The number of hydrogen-bond acceptors (Lipinski definition) is 5. The lowest BCUT2D eigenvalue weighted by atomic mass is 10.0. The van der Waals surface area contributed by atoms with Crippen LogP contribution in [0.5, 0.6) is 5.75 Å². The van der Waals surface area contributed by atoms with Crippen LogP contribution in [-0.2, 0) is 9.59 Å². The zero-order chi connectivity index (χ0) is 16.1. The molecule has 2 heterocycles. The topological polar surface area (TPSA) is 95.7 Å². The number of phenolic OH excluding ortho intramolecular Hbond substituents is 1. The van der Waals surface area contributed by atoms with Crippen molar-refractivity contribution in [3.8, 4) is 5.75 Å². The fourth-order valence-corrected chi connectivity index (χ4v) is 4.30. The predicted octanol–water partition coefficient (Wildman–Crippen LogP) is 0.571. The SMILES string of the molecule is CC1(C)CN2C(=O)C(NC(=O)[C@H](N)c3ccc(O)cc3)C2S1. The van der Waals surface area contributed by atoms with Gasteiger partial charge in [0.05, 0.1) is 0 Å². The Bertz CT molecular complexity index is 617. The minimum atomic E-state index is -0.859. The molecule has 118 valence electrons. The van der Waals surface area contributed by atoms with Crippen molar-refractivity contribution in [2.24, 2.45) is 5.73 Å². The van der Waals surface area contributed by atoms with Gasteiger partial charge in [0, 0.05) is 11.3 Å². The summed E-state index contributed by atoms with van der Waals surface area (Å²) in [7, 11) is 0. The Morgan fingerprint density at radius 1 is 1.45 bits per heavy atom. The highest BCUT2D eigenvalue weighted by atomic mass is 32.2. The second kappa shape index (κ2) is 5.17. The van der Waals surface area contributed by atoms with Crippen LogP contribution in [0.4, 0.5) is 0 Å². The Kier molecular flexibility index (Phi) is 3.57. The molecule has 2 aliphatic rings. The molecule has 7 heteroatoms. The molecule has 2 saturated heterocycles. The molecule has 0 spiro atoms. The molecule has 0 aromatic heterocycles. The number of benzene rings is 1. The normalized spacial score (nSPS) is 27.0. The molecule has 6 nitrogen and oxygen atoms in total. The molecule has 1 aromatic rings. The van der Waals surface area contributed by atoms with Crippen LogP contribution < -0.4 is 11.1 Å². The summed E-state index contributed by atoms with van der Waals surface area (Å²) >= 11 is 1.70. The zero-order valence-corrected chi connectivity index (χ0v) is 13.3. The highest BCUT2D eigenvalue weighted by molar-refractivity contribution is 8.01. The standard InChI is InChI=1S/C15H19N3O3S/c1-15(2)7-18-13(21)11(14(18)22-15)17-12(20)10(16)8-3-5-9(19)6-4-8/h3-6,10-11,14,19H,7,16H2,1-2H3,(H,17,20)/t10-,11?,14?/m1/s1. The molecule has 0 aliphatic carbocycles. The number of phenols is 1. The Balaban J connectivity index is 1.65. The van der Waals surface area contributed by atoms with Crippen LogP contribution in [0, 0.1) is 0 Å². The number of carbonyl (C=O) groups excluding carboxylic acids is 2. The number of nitrogens with zero attached hydrogens (tertiary/aromatic N) is 1. The first-order valence-electron chi connectivity index (χ1n) is 7.12. The summed E-state index contributed by atoms with van der Waals surface area (Å²) in [5.74, 6) is -0.311. The van der Waals surface area contributed by atoms with Gasteiger partial charge in [0.15, 0.2) is 0 Å². The molecule has 2 aliphatic heterocycles. The van der Waals surface area contributed by atoms with E-state index >= 15 is 0 Å². The number of thioether (sulfide) groups is 1. The van der Waals surface area contributed by atoms with Crippen molar-refractivity contribution >= 4 is 23.6 Å².